The second-order valence-corrected chi connectivity index (χ2v) is 6.54. The molecule has 2 aliphatic rings. The van der Waals surface area contributed by atoms with Crippen LogP contribution in [0.2, 0.25) is 0 Å². The van der Waals surface area contributed by atoms with Gasteiger partial charge in [-0.3, -0.25) is 9.59 Å². The third-order valence-electron chi connectivity index (χ3n) is 4.90. The van der Waals surface area contributed by atoms with E-state index in [1.54, 1.807) is 4.90 Å². The number of nitrogens with zero attached hydrogens (tertiary/aromatic N) is 5. The van der Waals surface area contributed by atoms with Gasteiger partial charge in [-0.25, -0.2) is 0 Å². The molecule has 1 saturated heterocycles. The van der Waals surface area contributed by atoms with Gasteiger partial charge in [0, 0.05) is 31.7 Å². The lowest BCUT2D eigenvalue weighted by Gasteiger charge is -2.29. The van der Waals surface area contributed by atoms with E-state index in [9.17, 15) is 9.59 Å². The maximum atomic E-state index is 12.7. The van der Waals surface area contributed by atoms with Gasteiger partial charge < -0.3 is 14.4 Å². The molecule has 0 radical (unpaired) electrons. The number of aromatic nitrogens is 3. The maximum Gasteiger partial charge on any atom is 0.291 e. The molecule has 3 heterocycles. The average molecular weight is 339 g/mol. The minimum Gasteiger partial charge on any atom is -0.336 e. The first-order valence-electron chi connectivity index (χ1n) is 8.80. The number of benzene rings is 1. The molecule has 25 heavy (non-hydrogen) atoms. The Hall–Kier alpha value is -2.70. The largest absolute Gasteiger partial charge is 0.336 e. The van der Waals surface area contributed by atoms with E-state index in [1.807, 2.05) is 39.8 Å². The van der Waals surface area contributed by atoms with Crippen LogP contribution in [0.5, 0.6) is 0 Å². The van der Waals surface area contributed by atoms with Crippen LogP contribution in [0, 0.1) is 0 Å². The summed E-state index contributed by atoms with van der Waals surface area (Å²) in [5.41, 5.74) is 0.667. The van der Waals surface area contributed by atoms with E-state index in [1.165, 1.54) is 6.42 Å². The van der Waals surface area contributed by atoms with E-state index in [-0.39, 0.29) is 11.8 Å². The van der Waals surface area contributed by atoms with Crippen molar-refractivity contribution >= 4 is 11.8 Å². The lowest BCUT2D eigenvalue weighted by molar-refractivity contribution is 0.0685. The fourth-order valence-electron chi connectivity index (χ4n) is 3.49. The van der Waals surface area contributed by atoms with Crippen molar-refractivity contribution in [2.24, 2.45) is 0 Å². The Morgan fingerprint density at radius 3 is 2.32 bits per heavy atom. The van der Waals surface area contributed by atoms with Crippen LogP contribution in [0.25, 0.3) is 0 Å². The Bertz CT molecular complexity index is 780. The Balaban J connectivity index is 1.51. The standard InChI is InChI=1S/C18H21N5O2/c24-17(14-7-3-1-4-8-14)22-11-12-23-15(13-22)19-20-16(23)18(25)21-9-5-2-6-10-21/h1,3-4,7-8H,2,5-6,9-13H2. The van der Waals surface area contributed by atoms with Crippen molar-refractivity contribution in [1.82, 2.24) is 24.6 Å². The third-order valence-corrected chi connectivity index (χ3v) is 4.90. The predicted molar refractivity (Wildman–Crippen MR) is 91.0 cm³/mol. The number of hydrogen-bond acceptors (Lipinski definition) is 4. The van der Waals surface area contributed by atoms with Crippen molar-refractivity contribution in [3.05, 3.63) is 47.5 Å². The van der Waals surface area contributed by atoms with Crippen molar-refractivity contribution in [3.63, 3.8) is 0 Å². The SMILES string of the molecule is O=C(c1ccccc1)N1CCn2c(nnc2C(=O)N2CCCCC2)C1. The third kappa shape index (κ3) is 3.01. The van der Waals surface area contributed by atoms with Crippen LogP contribution in [0.1, 0.15) is 46.1 Å². The number of amides is 2. The molecule has 2 amide bonds. The molecule has 1 aromatic heterocycles. The zero-order valence-electron chi connectivity index (χ0n) is 14.1. The smallest absolute Gasteiger partial charge is 0.291 e. The summed E-state index contributed by atoms with van der Waals surface area (Å²) < 4.78 is 1.87. The molecule has 0 atom stereocenters. The summed E-state index contributed by atoms with van der Waals surface area (Å²) in [5.74, 6) is 1.03. The minimum absolute atomic E-state index is 0.0150. The van der Waals surface area contributed by atoms with Gasteiger partial charge >= 0.3 is 0 Å². The molecule has 7 heteroatoms. The normalized spacial score (nSPS) is 17.3. The summed E-state index contributed by atoms with van der Waals surface area (Å²) in [6.07, 6.45) is 3.27. The van der Waals surface area contributed by atoms with Crippen LogP contribution >= 0.6 is 0 Å². The highest BCUT2D eigenvalue weighted by atomic mass is 16.2. The van der Waals surface area contributed by atoms with E-state index in [4.69, 9.17) is 0 Å². The molecule has 2 aliphatic heterocycles. The van der Waals surface area contributed by atoms with Gasteiger partial charge in [0.15, 0.2) is 5.82 Å². The summed E-state index contributed by atoms with van der Waals surface area (Å²) in [6, 6.07) is 9.23. The highest BCUT2D eigenvalue weighted by molar-refractivity contribution is 5.94. The van der Waals surface area contributed by atoms with E-state index in [0.717, 1.165) is 25.9 Å². The zero-order valence-corrected chi connectivity index (χ0v) is 14.1. The van der Waals surface area contributed by atoms with E-state index in [2.05, 4.69) is 10.2 Å². The number of fused-ring (bicyclic) bond motifs is 1. The van der Waals surface area contributed by atoms with Crippen LogP contribution in [0.15, 0.2) is 30.3 Å². The molecule has 130 valence electrons. The highest BCUT2D eigenvalue weighted by Crippen LogP contribution is 2.18. The van der Waals surface area contributed by atoms with Gasteiger partial charge in [-0.15, -0.1) is 10.2 Å². The Morgan fingerprint density at radius 1 is 0.800 bits per heavy atom. The fraction of sp³-hybridized carbons (Fsp3) is 0.444. The topological polar surface area (TPSA) is 71.3 Å². The van der Waals surface area contributed by atoms with E-state index >= 15 is 0 Å². The first kappa shape index (κ1) is 15.8. The van der Waals surface area contributed by atoms with Crippen LogP contribution in [-0.4, -0.2) is 56.0 Å². The van der Waals surface area contributed by atoms with Crippen LogP contribution in [0.4, 0.5) is 0 Å². The van der Waals surface area contributed by atoms with Gasteiger partial charge in [-0.05, 0) is 31.4 Å². The van der Waals surface area contributed by atoms with Crippen molar-refractivity contribution in [1.29, 1.82) is 0 Å². The average Bonchev–Trinajstić information content (AvgIpc) is 3.11. The van der Waals surface area contributed by atoms with Crippen LogP contribution < -0.4 is 0 Å². The highest BCUT2D eigenvalue weighted by Gasteiger charge is 2.29. The Labute approximate surface area is 146 Å². The molecule has 0 N–H and O–H groups in total. The zero-order chi connectivity index (χ0) is 17.2. The lowest BCUT2D eigenvalue weighted by atomic mass is 10.1. The summed E-state index contributed by atoms with van der Waals surface area (Å²) >= 11 is 0. The summed E-state index contributed by atoms with van der Waals surface area (Å²) in [4.78, 5) is 28.9. The molecule has 0 saturated carbocycles. The summed E-state index contributed by atoms with van der Waals surface area (Å²) in [6.45, 7) is 3.07. The predicted octanol–water partition coefficient (Wildman–Crippen LogP) is 1.56. The van der Waals surface area contributed by atoms with Gasteiger partial charge in [-0.2, -0.15) is 0 Å². The number of carbonyl (C=O) groups excluding carboxylic acids is 2. The second-order valence-electron chi connectivity index (χ2n) is 6.54. The molecule has 2 aromatic rings. The quantitative estimate of drug-likeness (QED) is 0.832. The van der Waals surface area contributed by atoms with Crippen molar-refractivity contribution in [2.45, 2.75) is 32.4 Å². The van der Waals surface area contributed by atoms with Gasteiger partial charge in [0.05, 0.1) is 6.54 Å². The molecule has 0 spiro atoms. The first-order chi connectivity index (χ1) is 12.2. The molecule has 1 aromatic carbocycles. The molecule has 7 nitrogen and oxygen atoms in total. The molecular weight excluding hydrogens is 318 g/mol. The van der Waals surface area contributed by atoms with E-state index in [0.29, 0.717) is 36.8 Å². The van der Waals surface area contributed by atoms with Gasteiger partial charge in [0.25, 0.3) is 11.8 Å². The van der Waals surface area contributed by atoms with Crippen LogP contribution in [-0.2, 0) is 13.1 Å². The Kier molecular flexibility index (Phi) is 4.21. The first-order valence-corrected chi connectivity index (χ1v) is 8.80. The van der Waals surface area contributed by atoms with Crippen LogP contribution in [0.3, 0.4) is 0 Å². The monoisotopic (exact) mass is 339 g/mol. The maximum absolute atomic E-state index is 12.7. The van der Waals surface area contributed by atoms with E-state index < -0.39 is 0 Å². The van der Waals surface area contributed by atoms with Gasteiger partial charge in [0.1, 0.15) is 0 Å². The second kappa shape index (κ2) is 6.66. The summed E-state index contributed by atoms with van der Waals surface area (Å²) in [5, 5.41) is 8.29. The summed E-state index contributed by atoms with van der Waals surface area (Å²) in [7, 11) is 0. The number of likely N-dealkylation sites (tertiary alicyclic amines) is 1. The number of rotatable bonds is 2. The number of piperidine rings is 1. The fourth-order valence-corrected chi connectivity index (χ4v) is 3.49. The Morgan fingerprint density at radius 2 is 1.56 bits per heavy atom. The van der Waals surface area contributed by atoms with Gasteiger partial charge in [0.2, 0.25) is 5.82 Å². The van der Waals surface area contributed by atoms with Crippen molar-refractivity contribution < 1.29 is 9.59 Å². The molecule has 1 fully saturated rings. The molecular formula is C18H21N5O2. The minimum atomic E-state index is -0.0405. The number of carbonyl (C=O) groups is 2. The van der Waals surface area contributed by atoms with Crippen molar-refractivity contribution in [3.8, 4) is 0 Å². The van der Waals surface area contributed by atoms with Gasteiger partial charge in [-0.1, -0.05) is 18.2 Å². The molecule has 0 unspecified atom stereocenters. The van der Waals surface area contributed by atoms with Crippen molar-refractivity contribution in [2.75, 3.05) is 19.6 Å². The molecule has 0 bridgehead atoms. The lowest BCUT2D eigenvalue weighted by Crippen LogP contribution is -2.41. The number of hydrogen-bond donors (Lipinski definition) is 0. The molecule has 0 aliphatic carbocycles. The molecule has 4 rings (SSSR count).